The molecule has 1 aromatic carbocycles. The molecule has 92 valence electrons. The van der Waals surface area contributed by atoms with E-state index in [9.17, 15) is 9.18 Å². The molecule has 0 aliphatic heterocycles. The highest BCUT2D eigenvalue weighted by atomic mass is 19.1. The quantitative estimate of drug-likeness (QED) is 0.849. The van der Waals surface area contributed by atoms with E-state index in [4.69, 9.17) is 0 Å². The number of hydrogen-bond donors (Lipinski definition) is 2. The lowest BCUT2D eigenvalue weighted by molar-refractivity contribution is 0.0931. The molecule has 1 amide bonds. The van der Waals surface area contributed by atoms with Crippen molar-refractivity contribution >= 4 is 5.91 Å². The smallest absolute Gasteiger partial charge is 0.269 e. The first-order valence-corrected chi connectivity index (χ1v) is 5.82. The fourth-order valence-electron chi connectivity index (χ4n) is 2.35. The first-order valence-electron chi connectivity index (χ1n) is 5.82. The van der Waals surface area contributed by atoms with Crippen molar-refractivity contribution in [3.63, 3.8) is 0 Å². The number of amides is 1. The second-order valence-corrected chi connectivity index (χ2v) is 4.38. The van der Waals surface area contributed by atoms with Crippen molar-refractivity contribution in [2.75, 3.05) is 0 Å². The summed E-state index contributed by atoms with van der Waals surface area (Å²) >= 11 is 0. The SMILES string of the molecule is O=C(NC1CCc2cc(F)ccc21)c1ccn[nH]1. The van der Waals surface area contributed by atoms with Gasteiger partial charge in [0.2, 0.25) is 0 Å². The van der Waals surface area contributed by atoms with Gasteiger partial charge in [0.15, 0.2) is 0 Å². The number of carbonyl (C=O) groups excluding carboxylic acids is 1. The van der Waals surface area contributed by atoms with Crippen molar-refractivity contribution in [2.45, 2.75) is 18.9 Å². The van der Waals surface area contributed by atoms with E-state index in [0.717, 1.165) is 24.0 Å². The summed E-state index contributed by atoms with van der Waals surface area (Å²) in [6.45, 7) is 0. The maximum Gasteiger partial charge on any atom is 0.269 e. The first-order chi connectivity index (χ1) is 8.74. The molecule has 0 saturated heterocycles. The third kappa shape index (κ3) is 1.88. The lowest BCUT2D eigenvalue weighted by Crippen LogP contribution is -2.27. The molecule has 1 heterocycles. The molecule has 1 unspecified atom stereocenters. The Labute approximate surface area is 103 Å². The fraction of sp³-hybridized carbons (Fsp3) is 0.231. The number of halogens is 1. The Hall–Kier alpha value is -2.17. The molecule has 1 aliphatic rings. The van der Waals surface area contributed by atoms with Crippen LogP contribution in [0.25, 0.3) is 0 Å². The molecule has 3 rings (SSSR count). The number of aromatic amines is 1. The zero-order valence-corrected chi connectivity index (χ0v) is 9.61. The molecule has 2 N–H and O–H groups in total. The maximum absolute atomic E-state index is 13.1. The number of rotatable bonds is 2. The highest BCUT2D eigenvalue weighted by Gasteiger charge is 2.24. The predicted octanol–water partition coefficient (Wildman–Crippen LogP) is 1.97. The zero-order valence-electron chi connectivity index (χ0n) is 9.61. The highest BCUT2D eigenvalue weighted by Crippen LogP contribution is 2.31. The summed E-state index contributed by atoms with van der Waals surface area (Å²) in [6, 6.07) is 6.29. The van der Waals surface area contributed by atoms with E-state index in [0.29, 0.717) is 5.69 Å². The number of aryl methyl sites for hydroxylation is 1. The summed E-state index contributed by atoms with van der Waals surface area (Å²) in [7, 11) is 0. The van der Waals surface area contributed by atoms with Crippen molar-refractivity contribution in [1.29, 1.82) is 0 Å². The predicted molar refractivity (Wildman–Crippen MR) is 63.5 cm³/mol. The topological polar surface area (TPSA) is 57.8 Å². The summed E-state index contributed by atoms with van der Waals surface area (Å²) in [5.41, 5.74) is 2.42. The van der Waals surface area contributed by atoms with E-state index in [2.05, 4.69) is 15.5 Å². The Morgan fingerprint density at radius 1 is 1.44 bits per heavy atom. The summed E-state index contributed by atoms with van der Waals surface area (Å²) in [4.78, 5) is 11.9. The number of fused-ring (bicyclic) bond motifs is 1. The molecule has 0 bridgehead atoms. The van der Waals surface area contributed by atoms with Crippen LogP contribution in [-0.2, 0) is 6.42 Å². The summed E-state index contributed by atoms with van der Waals surface area (Å²) < 4.78 is 13.1. The van der Waals surface area contributed by atoms with Crippen LogP contribution in [0.1, 0.15) is 34.1 Å². The molecule has 1 aliphatic carbocycles. The standard InChI is InChI=1S/C13H12FN3O/c14-9-2-3-10-8(7-9)1-4-11(10)16-13(18)12-5-6-15-17-12/h2-3,5-7,11H,1,4H2,(H,15,17)(H,16,18). The van der Waals surface area contributed by atoms with Crippen molar-refractivity contribution in [1.82, 2.24) is 15.5 Å². The van der Waals surface area contributed by atoms with E-state index in [-0.39, 0.29) is 17.8 Å². The number of H-pyrrole nitrogens is 1. The minimum Gasteiger partial charge on any atom is -0.344 e. The molecule has 1 atom stereocenters. The second kappa shape index (κ2) is 4.25. The van der Waals surface area contributed by atoms with Gasteiger partial charge < -0.3 is 5.32 Å². The number of benzene rings is 1. The average molecular weight is 245 g/mol. The van der Waals surface area contributed by atoms with Gasteiger partial charge in [-0.05, 0) is 42.2 Å². The molecule has 5 heteroatoms. The summed E-state index contributed by atoms with van der Waals surface area (Å²) in [5, 5.41) is 9.28. The van der Waals surface area contributed by atoms with Crippen LogP contribution in [0.4, 0.5) is 4.39 Å². The summed E-state index contributed by atoms with van der Waals surface area (Å²) in [5.74, 6) is -0.413. The van der Waals surface area contributed by atoms with Crippen molar-refractivity contribution in [3.05, 3.63) is 53.1 Å². The number of nitrogens with one attached hydrogen (secondary N) is 2. The molecule has 0 saturated carbocycles. The minimum atomic E-state index is -0.228. The zero-order chi connectivity index (χ0) is 12.5. The van der Waals surface area contributed by atoms with Gasteiger partial charge in [0.1, 0.15) is 11.5 Å². The molecule has 2 aromatic rings. The number of hydrogen-bond acceptors (Lipinski definition) is 2. The molecule has 0 spiro atoms. The molecule has 0 fully saturated rings. The highest BCUT2D eigenvalue weighted by molar-refractivity contribution is 5.92. The van der Waals surface area contributed by atoms with Crippen molar-refractivity contribution in [3.8, 4) is 0 Å². The van der Waals surface area contributed by atoms with Crippen LogP contribution < -0.4 is 5.32 Å². The van der Waals surface area contributed by atoms with Crippen molar-refractivity contribution in [2.24, 2.45) is 0 Å². The minimum absolute atomic E-state index is 0.0450. The Kier molecular flexibility index (Phi) is 2.59. The lowest BCUT2D eigenvalue weighted by atomic mass is 10.1. The van der Waals surface area contributed by atoms with Gasteiger partial charge in [-0.3, -0.25) is 9.89 Å². The van der Waals surface area contributed by atoms with Gasteiger partial charge in [0.25, 0.3) is 5.91 Å². The van der Waals surface area contributed by atoms with E-state index in [1.807, 2.05) is 0 Å². The Morgan fingerprint density at radius 2 is 2.33 bits per heavy atom. The van der Waals surface area contributed by atoms with E-state index in [1.54, 1.807) is 12.1 Å². The first kappa shape index (κ1) is 11.0. The fourth-order valence-corrected chi connectivity index (χ4v) is 2.35. The molecular formula is C13H12FN3O. The van der Waals surface area contributed by atoms with Gasteiger partial charge in [-0.25, -0.2) is 4.39 Å². The average Bonchev–Trinajstić information content (AvgIpc) is 2.98. The van der Waals surface area contributed by atoms with Crippen LogP contribution in [0.5, 0.6) is 0 Å². The number of nitrogens with zero attached hydrogens (tertiary/aromatic N) is 1. The number of aromatic nitrogens is 2. The van der Waals surface area contributed by atoms with Crippen molar-refractivity contribution < 1.29 is 9.18 Å². The molecule has 0 radical (unpaired) electrons. The van der Waals surface area contributed by atoms with Crippen LogP contribution in [0.15, 0.2) is 30.5 Å². The monoisotopic (exact) mass is 245 g/mol. The Balaban J connectivity index is 1.79. The van der Waals surface area contributed by atoms with Crippen LogP contribution in [0, 0.1) is 5.82 Å². The van der Waals surface area contributed by atoms with Gasteiger partial charge in [-0.2, -0.15) is 5.10 Å². The van der Waals surface area contributed by atoms with Crippen LogP contribution in [0.2, 0.25) is 0 Å². The second-order valence-electron chi connectivity index (χ2n) is 4.38. The Bertz CT molecular complexity index is 580. The normalized spacial score (nSPS) is 17.5. The van der Waals surface area contributed by atoms with Crippen LogP contribution >= 0.6 is 0 Å². The van der Waals surface area contributed by atoms with Gasteiger partial charge in [0, 0.05) is 6.20 Å². The van der Waals surface area contributed by atoms with E-state index >= 15 is 0 Å². The van der Waals surface area contributed by atoms with Gasteiger partial charge in [-0.15, -0.1) is 0 Å². The molecular weight excluding hydrogens is 233 g/mol. The third-order valence-corrected chi connectivity index (χ3v) is 3.23. The van der Waals surface area contributed by atoms with Crippen LogP contribution in [0.3, 0.4) is 0 Å². The largest absolute Gasteiger partial charge is 0.344 e. The van der Waals surface area contributed by atoms with Gasteiger partial charge >= 0.3 is 0 Å². The van der Waals surface area contributed by atoms with E-state index in [1.165, 1.54) is 18.3 Å². The molecule has 4 nitrogen and oxygen atoms in total. The number of carbonyl (C=O) groups is 1. The molecule has 1 aromatic heterocycles. The molecule has 18 heavy (non-hydrogen) atoms. The van der Waals surface area contributed by atoms with E-state index < -0.39 is 0 Å². The summed E-state index contributed by atoms with van der Waals surface area (Å²) in [6.07, 6.45) is 3.13. The van der Waals surface area contributed by atoms with Crippen LogP contribution in [-0.4, -0.2) is 16.1 Å². The lowest BCUT2D eigenvalue weighted by Gasteiger charge is -2.13. The Morgan fingerprint density at radius 3 is 3.11 bits per heavy atom. The third-order valence-electron chi connectivity index (χ3n) is 3.23. The van der Waals surface area contributed by atoms with Gasteiger partial charge in [-0.1, -0.05) is 6.07 Å². The maximum atomic E-state index is 13.1. The van der Waals surface area contributed by atoms with Gasteiger partial charge in [0.05, 0.1) is 6.04 Å².